The Morgan fingerprint density at radius 3 is 2.89 bits per heavy atom. The fourth-order valence-corrected chi connectivity index (χ4v) is 2.09. The van der Waals surface area contributed by atoms with Crippen molar-refractivity contribution >= 4 is 21.8 Å². The van der Waals surface area contributed by atoms with Crippen molar-refractivity contribution in [2.45, 2.75) is 32.8 Å². The molecule has 0 aromatic heterocycles. The van der Waals surface area contributed by atoms with E-state index in [2.05, 4.69) is 21.2 Å². The number of hydrogen-bond donors (Lipinski definition) is 2. The molecule has 0 spiro atoms. The molecular formula is C14H20BrNO3. The molecular weight excluding hydrogens is 310 g/mol. The molecule has 4 nitrogen and oxygen atoms in total. The highest BCUT2D eigenvalue weighted by atomic mass is 79.9. The summed E-state index contributed by atoms with van der Waals surface area (Å²) in [6, 6.07) is 5.81. The summed E-state index contributed by atoms with van der Waals surface area (Å²) in [5.41, 5.74) is 1.15. The van der Waals surface area contributed by atoms with E-state index in [1.807, 2.05) is 25.1 Å². The van der Waals surface area contributed by atoms with Gasteiger partial charge in [-0.15, -0.1) is 0 Å². The first-order valence-corrected chi connectivity index (χ1v) is 7.12. The van der Waals surface area contributed by atoms with Crippen LogP contribution in [0.3, 0.4) is 0 Å². The molecule has 0 aliphatic heterocycles. The van der Waals surface area contributed by atoms with Crippen molar-refractivity contribution in [3.63, 3.8) is 0 Å². The molecule has 5 heteroatoms. The maximum atomic E-state index is 11.5. The Morgan fingerprint density at radius 2 is 2.26 bits per heavy atom. The van der Waals surface area contributed by atoms with Gasteiger partial charge in [-0.3, -0.25) is 4.79 Å². The number of aryl methyl sites for hydroxylation is 1. The lowest BCUT2D eigenvalue weighted by atomic mass is 10.2. The van der Waals surface area contributed by atoms with Crippen LogP contribution in [0.25, 0.3) is 0 Å². The lowest BCUT2D eigenvalue weighted by Gasteiger charge is -2.09. The Labute approximate surface area is 122 Å². The quantitative estimate of drug-likeness (QED) is 0.807. The minimum absolute atomic E-state index is 0.0658. The second-order valence-electron chi connectivity index (χ2n) is 4.52. The Bertz CT molecular complexity index is 421. The van der Waals surface area contributed by atoms with Crippen LogP contribution in [0.2, 0.25) is 0 Å². The molecule has 1 aromatic carbocycles. The molecule has 1 unspecified atom stereocenters. The third kappa shape index (κ3) is 6.59. The van der Waals surface area contributed by atoms with Crippen molar-refractivity contribution in [2.75, 3.05) is 13.2 Å². The fourth-order valence-electron chi connectivity index (χ4n) is 1.49. The zero-order valence-corrected chi connectivity index (χ0v) is 12.9. The Balaban J connectivity index is 2.24. The number of aliphatic hydroxyl groups is 1. The second kappa shape index (κ2) is 8.17. The van der Waals surface area contributed by atoms with Crippen LogP contribution in [-0.2, 0) is 4.79 Å². The molecule has 1 atom stereocenters. The van der Waals surface area contributed by atoms with E-state index < -0.39 is 0 Å². The molecule has 0 bridgehead atoms. The lowest BCUT2D eigenvalue weighted by molar-refractivity contribution is -0.121. The van der Waals surface area contributed by atoms with Crippen molar-refractivity contribution in [1.29, 1.82) is 0 Å². The smallest absolute Gasteiger partial charge is 0.223 e. The van der Waals surface area contributed by atoms with E-state index >= 15 is 0 Å². The van der Waals surface area contributed by atoms with E-state index in [0.29, 0.717) is 26.0 Å². The van der Waals surface area contributed by atoms with Crippen LogP contribution in [0.15, 0.2) is 22.7 Å². The number of carbonyl (C=O) groups excluding carboxylic acids is 1. The third-order valence-corrected chi connectivity index (χ3v) is 3.18. The molecule has 0 aliphatic carbocycles. The van der Waals surface area contributed by atoms with E-state index in [4.69, 9.17) is 9.84 Å². The van der Waals surface area contributed by atoms with E-state index in [0.717, 1.165) is 15.8 Å². The molecule has 19 heavy (non-hydrogen) atoms. The molecule has 1 aromatic rings. The number of ether oxygens (including phenoxy) is 1. The molecule has 0 heterocycles. The highest BCUT2D eigenvalue weighted by Gasteiger charge is 2.05. The van der Waals surface area contributed by atoms with Gasteiger partial charge in [0.2, 0.25) is 5.91 Å². The van der Waals surface area contributed by atoms with Crippen LogP contribution in [0.5, 0.6) is 5.75 Å². The zero-order valence-electron chi connectivity index (χ0n) is 11.3. The normalized spacial score (nSPS) is 12.0. The lowest BCUT2D eigenvalue weighted by Crippen LogP contribution is -2.27. The summed E-state index contributed by atoms with van der Waals surface area (Å²) < 4.78 is 6.42. The maximum Gasteiger partial charge on any atom is 0.223 e. The first-order valence-electron chi connectivity index (χ1n) is 6.32. The van der Waals surface area contributed by atoms with Crippen molar-refractivity contribution < 1.29 is 14.6 Å². The maximum absolute atomic E-state index is 11.5. The van der Waals surface area contributed by atoms with E-state index in [-0.39, 0.29) is 12.0 Å². The van der Waals surface area contributed by atoms with Gasteiger partial charge in [0.15, 0.2) is 0 Å². The van der Waals surface area contributed by atoms with E-state index in [1.54, 1.807) is 6.92 Å². The topological polar surface area (TPSA) is 58.6 Å². The standard InChI is InChI=1S/C14H20BrNO3/c1-10-3-4-13(12(15)9-10)19-8-6-14(18)16-7-5-11(2)17/h3-4,9,11,17H,5-8H2,1-2H3,(H,16,18). The van der Waals surface area contributed by atoms with Crippen LogP contribution in [0, 0.1) is 6.92 Å². The minimum Gasteiger partial charge on any atom is -0.492 e. The van der Waals surface area contributed by atoms with Gasteiger partial charge in [0.25, 0.3) is 0 Å². The van der Waals surface area contributed by atoms with Gasteiger partial charge in [-0.1, -0.05) is 6.07 Å². The van der Waals surface area contributed by atoms with Gasteiger partial charge in [0, 0.05) is 6.54 Å². The first kappa shape index (κ1) is 16.0. The number of halogens is 1. The number of carbonyl (C=O) groups is 1. The number of rotatable bonds is 7. The first-order chi connectivity index (χ1) is 8.99. The van der Waals surface area contributed by atoms with E-state index in [9.17, 15) is 4.79 Å². The molecule has 0 fully saturated rings. The highest BCUT2D eigenvalue weighted by molar-refractivity contribution is 9.10. The Kier molecular flexibility index (Phi) is 6.87. The number of amides is 1. The molecule has 0 aliphatic rings. The number of nitrogens with one attached hydrogen (secondary N) is 1. The molecule has 2 N–H and O–H groups in total. The van der Waals surface area contributed by atoms with Gasteiger partial charge in [0.1, 0.15) is 5.75 Å². The van der Waals surface area contributed by atoms with Gasteiger partial charge >= 0.3 is 0 Å². The summed E-state index contributed by atoms with van der Waals surface area (Å²) >= 11 is 3.42. The minimum atomic E-state index is -0.389. The molecule has 1 amide bonds. The molecule has 106 valence electrons. The fraction of sp³-hybridized carbons (Fsp3) is 0.500. The second-order valence-corrected chi connectivity index (χ2v) is 5.37. The molecule has 0 radical (unpaired) electrons. The van der Waals surface area contributed by atoms with Gasteiger partial charge in [-0.05, 0) is 53.9 Å². The number of hydrogen-bond acceptors (Lipinski definition) is 3. The molecule has 0 saturated heterocycles. The summed E-state index contributed by atoms with van der Waals surface area (Å²) in [6.45, 7) is 4.53. The zero-order chi connectivity index (χ0) is 14.3. The third-order valence-electron chi connectivity index (χ3n) is 2.56. The summed E-state index contributed by atoms with van der Waals surface area (Å²) in [5.74, 6) is 0.672. The molecule has 1 rings (SSSR count). The summed E-state index contributed by atoms with van der Waals surface area (Å²) in [7, 11) is 0. The van der Waals surface area contributed by atoms with E-state index in [1.165, 1.54) is 0 Å². The van der Waals surface area contributed by atoms with Gasteiger partial charge < -0.3 is 15.2 Å². The van der Waals surface area contributed by atoms with Crippen LogP contribution >= 0.6 is 15.9 Å². The van der Waals surface area contributed by atoms with Crippen molar-refractivity contribution in [3.8, 4) is 5.75 Å². The monoisotopic (exact) mass is 329 g/mol. The van der Waals surface area contributed by atoms with Crippen molar-refractivity contribution in [3.05, 3.63) is 28.2 Å². The van der Waals surface area contributed by atoms with Crippen LogP contribution in [-0.4, -0.2) is 30.3 Å². The summed E-state index contributed by atoms with van der Waals surface area (Å²) in [4.78, 5) is 11.5. The number of benzene rings is 1. The number of aliphatic hydroxyl groups excluding tert-OH is 1. The van der Waals surface area contributed by atoms with Crippen molar-refractivity contribution in [2.24, 2.45) is 0 Å². The van der Waals surface area contributed by atoms with Crippen molar-refractivity contribution in [1.82, 2.24) is 5.32 Å². The molecule has 0 saturated carbocycles. The Morgan fingerprint density at radius 1 is 1.53 bits per heavy atom. The predicted molar refractivity (Wildman–Crippen MR) is 78.3 cm³/mol. The van der Waals surface area contributed by atoms with Gasteiger partial charge in [-0.2, -0.15) is 0 Å². The van der Waals surface area contributed by atoms with Gasteiger partial charge in [0.05, 0.1) is 23.6 Å². The van der Waals surface area contributed by atoms with Crippen LogP contribution in [0.1, 0.15) is 25.3 Å². The van der Waals surface area contributed by atoms with Gasteiger partial charge in [-0.25, -0.2) is 0 Å². The average Bonchev–Trinajstić information content (AvgIpc) is 2.31. The highest BCUT2D eigenvalue weighted by Crippen LogP contribution is 2.25. The average molecular weight is 330 g/mol. The Hall–Kier alpha value is -1.07. The van der Waals surface area contributed by atoms with Crippen LogP contribution in [0.4, 0.5) is 0 Å². The SMILES string of the molecule is Cc1ccc(OCCC(=O)NCCC(C)O)c(Br)c1. The predicted octanol–water partition coefficient (Wildman–Crippen LogP) is 2.41. The van der Waals surface area contributed by atoms with Crippen LogP contribution < -0.4 is 10.1 Å². The summed E-state index contributed by atoms with van der Waals surface area (Å²) in [6.07, 6.45) is 0.482. The summed E-state index contributed by atoms with van der Waals surface area (Å²) in [5, 5.41) is 11.8. The largest absolute Gasteiger partial charge is 0.492 e.